The maximum Gasteiger partial charge on any atom is 0.417 e. The lowest BCUT2D eigenvalue weighted by Crippen LogP contribution is -2.58. The van der Waals surface area contributed by atoms with Crippen LogP contribution in [0.1, 0.15) is 24.7 Å². The highest BCUT2D eigenvalue weighted by atomic mass is 19.4. The van der Waals surface area contributed by atoms with Gasteiger partial charge in [0.25, 0.3) is 11.8 Å². The van der Waals surface area contributed by atoms with E-state index in [4.69, 9.17) is 10.1 Å². The normalized spacial score (nSPS) is 20.3. The maximum absolute atomic E-state index is 14.4. The van der Waals surface area contributed by atoms with E-state index in [1.54, 1.807) is 6.07 Å². The topological polar surface area (TPSA) is 104 Å². The van der Waals surface area contributed by atoms with Gasteiger partial charge in [-0.15, -0.1) is 0 Å². The summed E-state index contributed by atoms with van der Waals surface area (Å²) in [5.74, 6) is -5.03. The van der Waals surface area contributed by atoms with Crippen molar-refractivity contribution in [2.75, 3.05) is 20.2 Å². The van der Waals surface area contributed by atoms with E-state index < -0.39 is 54.2 Å². The molecule has 1 fully saturated rings. The minimum absolute atomic E-state index is 0.00344. The van der Waals surface area contributed by atoms with Crippen molar-refractivity contribution in [1.29, 1.82) is 5.41 Å². The third-order valence-electron chi connectivity index (χ3n) is 5.38. The number of hydrogen-bond donors (Lipinski definition) is 2. The van der Waals surface area contributed by atoms with Gasteiger partial charge in [0, 0.05) is 44.3 Å². The largest absolute Gasteiger partial charge is 0.475 e. The number of rotatable bonds is 7. The Bertz CT molecular complexity index is 1080. The SMILES string of the molecule is CN/C=C(\C(=N)C(=O)N1CC(F)(F)CC(C)C1COc1ccc(C(F)(F)F)cn1)c1ncccn1. The van der Waals surface area contributed by atoms with Crippen LogP contribution in [0.2, 0.25) is 0 Å². The molecule has 13 heteroatoms. The van der Waals surface area contributed by atoms with E-state index in [-0.39, 0.29) is 23.9 Å². The fourth-order valence-corrected chi connectivity index (χ4v) is 3.72. The fourth-order valence-electron chi connectivity index (χ4n) is 3.72. The molecule has 1 aliphatic heterocycles. The first-order valence-corrected chi connectivity index (χ1v) is 10.5. The highest BCUT2D eigenvalue weighted by molar-refractivity contribution is 6.54. The molecule has 1 saturated heterocycles. The van der Waals surface area contributed by atoms with E-state index in [0.717, 1.165) is 17.0 Å². The summed E-state index contributed by atoms with van der Waals surface area (Å²) >= 11 is 0. The van der Waals surface area contributed by atoms with Gasteiger partial charge in [-0.2, -0.15) is 13.2 Å². The molecule has 0 saturated carbocycles. The van der Waals surface area contributed by atoms with Crippen molar-refractivity contribution < 1.29 is 31.5 Å². The van der Waals surface area contributed by atoms with Crippen molar-refractivity contribution in [3.05, 3.63) is 54.4 Å². The molecule has 2 unspecified atom stereocenters. The third-order valence-corrected chi connectivity index (χ3v) is 5.38. The van der Waals surface area contributed by atoms with E-state index in [1.165, 1.54) is 32.6 Å². The zero-order valence-corrected chi connectivity index (χ0v) is 18.8. The Morgan fingerprint density at radius 2 is 1.97 bits per heavy atom. The molecule has 2 aromatic rings. The van der Waals surface area contributed by atoms with Gasteiger partial charge in [-0.3, -0.25) is 10.2 Å². The number of carbonyl (C=O) groups is 1. The molecular formula is C22H23F5N6O2. The second-order valence-corrected chi connectivity index (χ2v) is 8.03. The van der Waals surface area contributed by atoms with Crippen LogP contribution in [0.15, 0.2) is 43.0 Å². The number of alkyl halides is 5. The molecule has 2 N–H and O–H groups in total. The number of nitrogens with zero attached hydrogens (tertiary/aromatic N) is 4. The number of carbonyl (C=O) groups excluding carboxylic acids is 1. The van der Waals surface area contributed by atoms with E-state index in [9.17, 15) is 26.7 Å². The zero-order valence-electron chi connectivity index (χ0n) is 18.8. The average Bonchev–Trinajstić information content (AvgIpc) is 2.80. The predicted molar refractivity (Wildman–Crippen MR) is 116 cm³/mol. The number of nitrogens with one attached hydrogen (secondary N) is 2. The number of amides is 1. The van der Waals surface area contributed by atoms with Gasteiger partial charge in [0.15, 0.2) is 5.82 Å². The highest BCUT2D eigenvalue weighted by Crippen LogP contribution is 2.35. The van der Waals surface area contributed by atoms with Gasteiger partial charge in [-0.1, -0.05) is 6.92 Å². The molecule has 0 aromatic carbocycles. The Balaban J connectivity index is 1.83. The van der Waals surface area contributed by atoms with Gasteiger partial charge >= 0.3 is 6.18 Å². The first-order valence-electron chi connectivity index (χ1n) is 10.5. The quantitative estimate of drug-likeness (QED) is 0.448. The minimum Gasteiger partial charge on any atom is -0.475 e. The first-order chi connectivity index (χ1) is 16.4. The molecular weight excluding hydrogens is 475 g/mol. The number of hydrogen-bond acceptors (Lipinski definition) is 7. The van der Waals surface area contributed by atoms with Crippen molar-refractivity contribution in [2.24, 2.45) is 5.92 Å². The Morgan fingerprint density at radius 3 is 2.54 bits per heavy atom. The number of pyridine rings is 1. The van der Waals surface area contributed by atoms with Gasteiger partial charge < -0.3 is 15.0 Å². The predicted octanol–water partition coefficient (Wildman–Crippen LogP) is 3.42. The second kappa shape index (κ2) is 10.3. The summed E-state index contributed by atoms with van der Waals surface area (Å²) in [4.78, 5) is 25.7. The van der Waals surface area contributed by atoms with Crippen molar-refractivity contribution >= 4 is 17.2 Å². The summed E-state index contributed by atoms with van der Waals surface area (Å²) in [6.45, 7) is 0.257. The van der Waals surface area contributed by atoms with Crippen LogP contribution < -0.4 is 10.1 Å². The highest BCUT2D eigenvalue weighted by Gasteiger charge is 2.47. The molecule has 0 aliphatic carbocycles. The van der Waals surface area contributed by atoms with Crippen LogP contribution >= 0.6 is 0 Å². The molecule has 3 heterocycles. The summed E-state index contributed by atoms with van der Waals surface area (Å²) < 4.78 is 72.5. The van der Waals surface area contributed by atoms with Gasteiger partial charge in [0.1, 0.15) is 12.3 Å². The van der Waals surface area contributed by atoms with Crippen LogP contribution in [-0.2, 0) is 11.0 Å². The lowest BCUT2D eigenvalue weighted by molar-refractivity contribution is -0.148. The summed E-state index contributed by atoms with van der Waals surface area (Å²) in [5.41, 5.74) is -1.57. The molecule has 188 valence electrons. The fraction of sp³-hybridized carbons (Fsp3) is 0.409. The van der Waals surface area contributed by atoms with Crippen LogP contribution in [0.25, 0.3) is 5.57 Å². The number of aromatic nitrogens is 3. The van der Waals surface area contributed by atoms with E-state index in [0.29, 0.717) is 6.20 Å². The number of halogens is 5. The molecule has 2 atom stereocenters. The molecule has 1 amide bonds. The monoisotopic (exact) mass is 498 g/mol. The van der Waals surface area contributed by atoms with Crippen molar-refractivity contribution in [3.8, 4) is 5.88 Å². The molecule has 3 rings (SSSR count). The Labute approximate surface area is 197 Å². The van der Waals surface area contributed by atoms with E-state index >= 15 is 0 Å². The summed E-state index contributed by atoms with van der Waals surface area (Å²) in [5, 5.41) is 11.1. The van der Waals surface area contributed by atoms with Crippen molar-refractivity contribution in [3.63, 3.8) is 0 Å². The van der Waals surface area contributed by atoms with Crippen LogP contribution in [0.5, 0.6) is 5.88 Å². The first kappa shape index (κ1) is 26.0. The smallest absolute Gasteiger partial charge is 0.417 e. The van der Waals surface area contributed by atoms with Crippen LogP contribution in [-0.4, -0.2) is 63.6 Å². The van der Waals surface area contributed by atoms with Gasteiger partial charge in [-0.05, 0) is 18.1 Å². The minimum atomic E-state index is -4.57. The Morgan fingerprint density at radius 1 is 1.29 bits per heavy atom. The molecule has 0 spiro atoms. The Kier molecular flexibility index (Phi) is 7.66. The molecule has 8 nitrogen and oxygen atoms in total. The Hall–Kier alpha value is -3.64. The third kappa shape index (κ3) is 6.28. The van der Waals surface area contributed by atoms with E-state index in [1.807, 2.05) is 0 Å². The van der Waals surface area contributed by atoms with Gasteiger partial charge in [0.2, 0.25) is 5.88 Å². The summed E-state index contributed by atoms with van der Waals surface area (Å²) in [6, 6.07) is 2.45. The number of likely N-dealkylation sites (tertiary alicyclic amines) is 1. The molecule has 1 aliphatic rings. The van der Waals surface area contributed by atoms with Crippen LogP contribution in [0, 0.1) is 11.3 Å². The molecule has 2 aromatic heterocycles. The van der Waals surface area contributed by atoms with Crippen LogP contribution in [0.4, 0.5) is 22.0 Å². The average molecular weight is 498 g/mol. The van der Waals surface area contributed by atoms with E-state index in [2.05, 4.69) is 20.3 Å². The summed E-state index contributed by atoms with van der Waals surface area (Å²) in [7, 11) is 1.53. The van der Waals surface area contributed by atoms with Crippen molar-refractivity contribution in [2.45, 2.75) is 31.5 Å². The zero-order chi connectivity index (χ0) is 25.8. The van der Waals surface area contributed by atoms with Crippen molar-refractivity contribution in [1.82, 2.24) is 25.2 Å². The van der Waals surface area contributed by atoms with Gasteiger partial charge in [0.05, 0.1) is 23.7 Å². The second-order valence-electron chi connectivity index (χ2n) is 8.03. The maximum atomic E-state index is 14.4. The number of ether oxygens (including phenoxy) is 1. The number of piperidine rings is 1. The molecule has 35 heavy (non-hydrogen) atoms. The lowest BCUT2D eigenvalue weighted by Gasteiger charge is -2.43. The van der Waals surface area contributed by atoms with Gasteiger partial charge in [-0.25, -0.2) is 23.7 Å². The molecule has 0 radical (unpaired) electrons. The standard InChI is InChI=1S/C22H23F5N6O2/c1-13-8-21(23,24)12-33(16(13)11-35-17-5-4-14(9-32-17)22(25,26)27)20(34)18(28)15(10-29-2)19-30-6-3-7-31-19/h3-7,9-10,13,16,28-29H,8,11-12H2,1-2H3/b15-10+,28-18?. The lowest BCUT2D eigenvalue weighted by atomic mass is 9.88. The molecule has 0 bridgehead atoms. The van der Waals surface area contributed by atoms with Crippen LogP contribution in [0.3, 0.4) is 0 Å². The summed E-state index contributed by atoms with van der Waals surface area (Å²) in [6.07, 6.45) is -0.359.